The molecule has 3 atom stereocenters. The van der Waals surface area contributed by atoms with Crippen LogP contribution < -0.4 is 0 Å². The number of carbonyl (C=O) groups is 1. The molecule has 1 aromatic rings. The van der Waals surface area contributed by atoms with Gasteiger partial charge in [-0.25, -0.2) is 0 Å². The maximum absolute atomic E-state index is 12.6. The van der Waals surface area contributed by atoms with E-state index in [1.54, 1.807) is 17.4 Å². The Labute approximate surface area is 129 Å². The van der Waals surface area contributed by atoms with Gasteiger partial charge in [0.1, 0.15) is 12.2 Å². The van der Waals surface area contributed by atoms with Gasteiger partial charge in [-0.2, -0.15) is 11.3 Å². The molecule has 3 heterocycles. The van der Waals surface area contributed by atoms with Crippen LogP contribution in [0.3, 0.4) is 0 Å². The van der Waals surface area contributed by atoms with Crippen molar-refractivity contribution < 1.29 is 14.3 Å². The average molecular weight is 307 g/mol. The summed E-state index contributed by atoms with van der Waals surface area (Å²) in [4.78, 5) is 14.6. The number of amides is 1. The van der Waals surface area contributed by atoms with E-state index in [0.717, 1.165) is 25.0 Å². The van der Waals surface area contributed by atoms with Gasteiger partial charge in [0.25, 0.3) is 0 Å². The quantitative estimate of drug-likeness (QED) is 0.783. The second-order valence-corrected chi connectivity index (χ2v) is 6.34. The molecular weight excluding hydrogens is 286 g/mol. The number of carbonyl (C=O) groups excluding carboxylic acids is 1. The Hall–Kier alpha value is -1.17. The fraction of sp³-hybridized carbons (Fsp3) is 0.562. The molecule has 2 aliphatic rings. The van der Waals surface area contributed by atoms with E-state index in [1.807, 2.05) is 21.7 Å². The van der Waals surface area contributed by atoms with Crippen LogP contribution in [-0.4, -0.2) is 48.8 Å². The number of hydrogen-bond donors (Lipinski definition) is 0. The molecule has 4 nitrogen and oxygen atoms in total. The number of nitrogens with zero attached hydrogens (tertiary/aromatic N) is 1. The highest BCUT2D eigenvalue weighted by Gasteiger charge is 2.46. The Bertz CT molecular complexity index is 488. The Morgan fingerprint density at radius 3 is 3.29 bits per heavy atom. The third-order valence-corrected chi connectivity index (χ3v) is 4.89. The van der Waals surface area contributed by atoms with Crippen molar-refractivity contribution in [3.8, 4) is 0 Å². The smallest absolute Gasteiger partial charge is 0.227 e. The molecule has 3 rings (SSSR count). The van der Waals surface area contributed by atoms with E-state index < -0.39 is 0 Å². The number of hydrogen-bond acceptors (Lipinski definition) is 4. The summed E-state index contributed by atoms with van der Waals surface area (Å²) in [6.45, 7) is 5.58. The summed E-state index contributed by atoms with van der Waals surface area (Å²) in [5, 5.41) is 4.05. The van der Waals surface area contributed by atoms with Gasteiger partial charge < -0.3 is 14.4 Å². The Kier molecular flexibility index (Phi) is 4.73. The molecule has 21 heavy (non-hydrogen) atoms. The molecule has 114 valence electrons. The largest absolute Gasteiger partial charge is 0.373 e. The molecule has 1 aromatic heterocycles. The van der Waals surface area contributed by atoms with Crippen molar-refractivity contribution in [3.63, 3.8) is 0 Å². The average Bonchev–Trinajstić information content (AvgIpc) is 3.12. The zero-order valence-electron chi connectivity index (χ0n) is 12.1. The van der Waals surface area contributed by atoms with Crippen LogP contribution in [0.25, 0.3) is 0 Å². The van der Waals surface area contributed by atoms with Gasteiger partial charge >= 0.3 is 0 Å². The summed E-state index contributed by atoms with van der Waals surface area (Å²) in [6, 6.07) is 2.18. The molecule has 0 saturated carbocycles. The normalized spacial score (nSPS) is 28.4. The van der Waals surface area contributed by atoms with E-state index in [4.69, 9.17) is 9.47 Å². The van der Waals surface area contributed by atoms with Crippen LogP contribution >= 0.6 is 11.3 Å². The summed E-state index contributed by atoms with van der Waals surface area (Å²) in [6.07, 6.45) is 4.23. The first-order chi connectivity index (χ1) is 10.3. The summed E-state index contributed by atoms with van der Waals surface area (Å²) in [5.41, 5.74) is 1.09. The van der Waals surface area contributed by atoms with Crippen LogP contribution in [0.4, 0.5) is 0 Å². The number of fused-ring (bicyclic) bond motifs is 1. The van der Waals surface area contributed by atoms with E-state index in [2.05, 4.69) is 6.58 Å². The molecule has 0 N–H and O–H groups in total. The zero-order chi connectivity index (χ0) is 14.7. The lowest BCUT2D eigenvalue weighted by Crippen LogP contribution is -2.44. The summed E-state index contributed by atoms with van der Waals surface area (Å²) < 4.78 is 11.7. The number of rotatable bonds is 5. The molecule has 1 amide bonds. The lowest BCUT2D eigenvalue weighted by atomic mass is 10.0. The van der Waals surface area contributed by atoms with Gasteiger partial charge in [0.15, 0.2) is 0 Å². The molecule has 2 fully saturated rings. The lowest BCUT2D eigenvalue weighted by molar-refractivity contribution is -0.134. The second kappa shape index (κ2) is 6.73. The van der Waals surface area contributed by atoms with Gasteiger partial charge in [-0.3, -0.25) is 4.79 Å². The lowest BCUT2D eigenvalue weighted by Gasteiger charge is -2.32. The van der Waals surface area contributed by atoms with Crippen molar-refractivity contribution in [1.82, 2.24) is 4.90 Å². The van der Waals surface area contributed by atoms with Gasteiger partial charge in [0, 0.05) is 13.2 Å². The fourth-order valence-electron chi connectivity index (χ4n) is 3.20. The van der Waals surface area contributed by atoms with Crippen molar-refractivity contribution >= 4 is 17.2 Å². The van der Waals surface area contributed by atoms with E-state index in [9.17, 15) is 4.79 Å². The summed E-state index contributed by atoms with van der Waals surface area (Å²) in [5.74, 6) is 0.179. The highest BCUT2D eigenvalue weighted by Crippen LogP contribution is 2.31. The first-order valence-corrected chi connectivity index (χ1v) is 8.38. The van der Waals surface area contributed by atoms with Crippen LogP contribution in [0.1, 0.15) is 18.4 Å². The van der Waals surface area contributed by atoms with Crippen molar-refractivity contribution in [2.75, 3.05) is 19.8 Å². The molecule has 2 aliphatic heterocycles. The number of ether oxygens (including phenoxy) is 2. The highest BCUT2D eigenvalue weighted by atomic mass is 32.1. The topological polar surface area (TPSA) is 38.8 Å². The van der Waals surface area contributed by atoms with Crippen molar-refractivity contribution in [1.29, 1.82) is 0 Å². The molecule has 5 heteroatoms. The monoisotopic (exact) mass is 307 g/mol. The number of likely N-dealkylation sites (tertiary alicyclic amines) is 1. The zero-order valence-corrected chi connectivity index (χ0v) is 12.9. The second-order valence-electron chi connectivity index (χ2n) is 5.56. The molecular formula is C16H21NO3S. The van der Waals surface area contributed by atoms with Crippen molar-refractivity contribution in [2.45, 2.75) is 37.5 Å². The Morgan fingerprint density at radius 1 is 1.62 bits per heavy atom. The van der Waals surface area contributed by atoms with Crippen LogP contribution in [0.15, 0.2) is 29.5 Å². The highest BCUT2D eigenvalue weighted by molar-refractivity contribution is 7.07. The molecule has 2 saturated heterocycles. The summed E-state index contributed by atoms with van der Waals surface area (Å²) in [7, 11) is 0. The van der Waals surface area contributed by atoms with Crippen LogP contribution in [-0.2, 0) is 20.7 Å². The third-order valence-electron chi connectivity index (χ3n) is 4.16. The minimum atomic E-state index is -0.0280. The molecule has 0 radical (unpaired) electrons. The standard InChI is InChI=1S/C16H21NO3S/c1-2-6-19-14-10-17(13-4-3-7-20-16(13)14)15(18)9-12-5-8-21-11-12/h2,5,8,11,13-14,16H,1,3-4,6-7,9-10H2/t13-,14+,16+/m0/s1. The molecule has 0 unspecified atom stereocenters. The minimum absolute atomic E-state index is 0.0186. The van der Waals surface area contributed by atoms with Crippen molar-refractivity contribution in [2.24, 2.45) is 0 Å². The van der Waals surface area contributed by atoms with Crippen LogP contribution in [0, 0.1) is 0 Å². The first-order valence-electron chi connectivity index (χ1n) is 7.44. The van der Waals surface area contributed by atoms with Crippen molar-refractivity contribution in [3.05, 3.63) is 35.0 Å². The molecule has 0 aromatic carbocycles. The van der Waals surface area contributed by atoms with Gasteiger partial charge in [0.2, 0.25) is 5.91 Å². The van der Waals surface area contributed by atoms with E-state index >= 15 is 0 Å². The third kappa shape index (κ3) is 3.20. The van der Waals surface area contributed by atoms with E-state index in [1.165, 1.54) is 0 Å². The van der Waals surface area contributed by atoms with Gasteiger partial charge in [-0.05, 0) is 35.2 Å². The molecule has 0 bridgehead atoms. The number of thiophene rings is 1. The maximum Gasteiger partial charge on any atom is 0.227 e. The van der Waals surface area contributed by atoms with Crippen LogP contribution in [0.5, 0.6) is 0 Å². The Balaban J connectivity index is 1.68. The predicted molar refractivity (Wildman–Crippen MR) is 82.4 cm³/mol. The fourth-order valence-corrected chi connectivity index (χ4v) is 3.87. The van der Waals surface area contributed by atoms with Crippen LogP contribution in [0.2, 0.25) is 0 Å². The first kappa shape index (κ1) is 14.8. The SMILES string of the molecule is C=CCO[C@@H]1CN(C(=O)Cc2ccsc2)[C@H]2CCCO[C@@H]12. The maximum atomic E-state index is 12.6. The van der Waals surface area contributed by atoms with Gasteiger partial charge in [-0.15, -0.1) is 6.58 Å². The van der Waals surface area contributed by atoms with Gasteiger partial charge in [0.05, 0.1) is 19.1 Å². The van der Waals surface area contributed by atoms with Gasteiger partial charge in [-0.1, -0.05) is 6.08 Å². The predicted octanol–water partition coefficient (Wildman–Crippen LogP) is 2.25. The molecule has 0 aliphatic carbocycles. The molecule has 0 spiro atoms. The van der Waals surface area contributed by atoms with E-state index in [-0.39, 0.29) is 24.2 Å². The Morgan fingerprint density at radius 2 is 2.52 bits per heavy atom. The van der Waals surface area contributed by atoms with E-state index in [0.29, 0.717) is 19.6 Å². The summed E-state index contributed by atoms with van der Waals surface area (Å²) >= 11 is 1.63. The minimum Gasteiger partial charge on any atom is -0.373 e.